The first-order valence-corrected chi connectivity index (χ1v) is 22.3. The van der Waals surface area contributed by atoms with E-state index in [4.69, 9.17) is 15.9 Å². The molecule has 1 aromatic heterocycles. The highest BCUT2D eigenvalue weighted by Crippen LogP contribution is 2.15. The highest BCUT2D eigenvalue weighted by molar-refractivity contribution is 9.10. The Labute approximate surface area is 399 Å². The molecule has 68 heavy (non-hydrogen) atoms. The van der Waals surface area contributed by atoms with E-state index in [9.17, 15) is 73.5 Å². The SMILES string of the molecule is N[C@@](CCCCN(Cc1ccc(Br)nc1)C(=O)CCCCNC(=O)CCC(NCCN(CCN(CCNCC(=O)O)CC(=O)O)CC(=O)O)C(=O)O)(NC(=O)NC(CCC(=O)O)C(=O)O)C(=O)O. The standard InChI is InChI=1S/C40H63BrN10O17/c41-29-9-6-26(21-46-29)23-51(16-4-2-12-40(42,38(66)67)48-39(68)47-28(37(64)65)8-11-32(54)55)31(53)5-1-3-13-45-30(52)10-7-27(36(62)63)44-15-18-50(25-35(60)61)20-19-49(24-34(58)59)17-14-43-22-33(56)57/h6,9,21,27-28,43-44H,1-5,7-8,10-20,22-25,42H2,(H,45,52)(H,54,55)(H,56,57)(H,58,59)(H,60,61)(H,62,63)(H,64,65)(H,66,67)(H2,47,48,68)/t27?,28?,40-/m0/s1. The van der Waals surface area contributed by atoms with Crippen LogP contribution in [0.1, 0.15) is 69.8 Å². The van der Waals surface area contributed by atoms with Gasteiger partial charge in [-0.3, -0.25) is 49.1 Å². The minimum Gasteiger partial charge on any atom is -0.481 e. The van der Waals surface area contributed by atoms with Crippen LogP contribution in [0.4, 0.5) is 4.79 Å². The van der Waals surface area contributed by atoms with Crippen LogP contribution in [-0.4, -0.2) is 205 Å². The number of carboxylic acid groups (broad SMARTS) is 7. The minimum atomic E-state index is -2.34. The average Bonchev–Trinajstić information content (AvgIpc) is 3.24. The maximum atomic E-state index is 13.4. The number of carbonyl (C=O) groups is 10. The van der Waals surface area contributed by atoms with Gasteiger partial charge in [-0.05, 0) is 72.5 Å². The Morgan fingerprint density at radius 2 is 1.29 bits per heavy atom. The number of carboxylic acids is 7. The van der Waals surface area contributed by atoms with Gasteiger partial charge in [0.05, 0.1) is 19.6 Å². The fourth-order valence-corrected chi connectivity index (χ4v) is 6.60. The van der Waals surface area contributed by atoms with Crippen molar-refractivity contribution in [3.8, 4) is 0 Å². The van der Waals surface area contributed by atoms with Crippen molar-refractivity contribution in [2.24, 2.45) is 5.73 Å². The average molecular weight is 1040 g/mol. The Kier molecular flexibility index (Phi) is 28.7. The number of amides is 4. The fourth-order valence-electron chi connectivity index (χ4n) is 6.36. The third kappa shape index (κ3) is 27.5. The lowest BCUT2D eigenvalue weighted by Crippen LogP contribution is -2.64. The summed E-state index contributed by atoms with van der Waals surface area (Å²) in [5.74, 6) is -9.79. The van der Waals surface area contributed by atoms with E-state index in [1.165, 1.54) is 14.7 Å². The zero-order chi connectivity index (χ0) is 51.2. The maximum absolute atomic E-state index is 13.4. The predicted octanol–water partition coefficient (Wildman–Crippen LogP) is -1.74. The minimum absolute atomic E-state index is 0.0236. The summed E-state index contributed by atoms with van der Waals surface area (Å²) in [6.45, 7) is 0.0378. The molecule has 0 radical (unpaired) electrons. The van der Waals surface area contributed by atoms with Gasteiger partial charge in [0.15, 0.2) is 5.66 Å². The van der Waals surface area contributed by atoms with Crippen LogP contribution in [0.2, 0.25) is 0 Å². The van der Waals surface area contributed by atoms with Gasteiger partial charge in [0, 0.05) is 84.4 Å². The van der Waals surface area contributed by atoms with Gasteiger partial charge in [0.2, 0.25) is 11.8 Å². The quantitative estimate of drug-likeness (QED) is 0.0198. The summed E-state index contributed by atoms with van der Waals surface area (Å²) in [7, 11) is 0. The number of nitrogens with one attached hydrogen (secondary N) is 5. The number of hydrogen-bond acceptors (Lipinski definition) is 16. The largest absolute Gasteiger partial charge is 0.481 e. The van der Waals surface area contributed by atoms with Crippen molar-refractivity contribution in [2.45, 2.75) is 88.5 Å². The number of carbonyl (C=O) groups excluding carboxylic acids is 3. The summed E-state index contributed by atoms with van der Waals surface area (Å²) in [6, 6.07) is -0.579. The van der Waals surface area contributed by atoms with Crippen LogP contribution in [0.15, 0.2) is 22.9 Å². The van der Waals surface area contributed by atoms with Crippen LogP contribution in [0.5, 0.6) is 0 Å². The van der Waals surface area contributed by atoms with Crippen molar-refractivity contribution in [3.05, 3.63) is 28.5 Å². The molecule has 0 bridgehead atoms. The summed E-state index contributed by atoms with van der Waals surface area (Å²) < 4.78 is 0.565. The zero-order valence-electron chi connectivity index (χ0n) is 37.4. The molecule has 28 heteroatoms. The number of hydrogen-bond donors (Lipinski definition) is 13. The van der Waals surface area contributed by atoms with Crippen molar-refractivity contribution < 1.29 is 83.7 Å². The Morgan fingerprint density at radius 1 is 0.676 bits per heavy atom. The molecule has 14 N–H and O–H groups in total. The normalized spacial score (nSPS) is 12.9. The first-order chi connectivity index (χ1) is 32.0. The second-order valence-electron chi connectivity index (χ2n) is 15.6. The highest BCUT2D eigenvalue weighted by atomic mass is 79.9. The lowest BCUT2D eigenvalue weighted by atomic mass is 10.0. The topological polar surface area (TPSA) is 421 Å². The molecule has 0 saturated heterocycles. The van der Waals surface area contributed by atoms with Gasteiger partial charge < -0.3 is 67.2 Å². The Morgan fingerprint density at radius 3 is 1.84 bits per heavy atom. The number of urea groups is 1. The number of aromatic nitrogens is 1. The Balaban J connectivity index is 2.69. The molecular weight excluding hydrogens is 972 g/mol. The van der Waals surface area contributed by atoms with Gasteiger partial charge in [-0.25, -0.2) is 19.4 Å². The van der Waals surface area contributed by atoms with Crippen LogP contribution in [0.3, 0.4) is 0 Å². The molecule has 1 heterocycles. The molecular formula is C40H63BrN10O17. The zero-order valence-corrected chi connectivity index (χ0v) is 39.0. The van der Waals surface area contributed by atoms with Gasteiger partial charge in [-0.2, -0.15) is 0 Å². The smallest absolute Gasteiger partial charge is 0.344 e. The number of rotatable bonds is 39. The molecule has 0 aliphatic heterocycles. The van der Waals surface area contributed by atoms with Gasteiger partial charge in [0.1, 0.15) is 16.7 Å². The molecule has 0 aliphatic carbocycles. The number of aliphatic carboxylic acids is 7. The molecule has 0 saturated carbocycles. The second-order valence-corrected chi connectivity index (χ2v) is 16.4. The third-order valence-corrected chi connectivity index (χ3v) is 10.4. The highest BCUT2D eigenvalue weighted by Gasteiger charge is 2.36. The summed E-state index contributed by atoms with van der Waals surface area (Å²) in [6.07, 6.45) is 1.05. The van der Waals surface area contributed by atoms with E-state index in [0.717, 1.165) is 0 Å². The predicted molar refractivity (Wildman–Crippen MR) is 240 cm³/mol. The molecule has 1 rings (SSSR count). The van der Waals surface area contributed by atoms with Gasteiger partial charge >= 0.3 is 47.8 Å². The maximum Gasteiger partial charge on any atom is 0.344 e. The lowest BCUT2D eigenvalue weighted by molar-refractivity contribution is -0.145. The Bertz CT molecular complexity index is 1850. The van der Waals surface area contributed by atoms with Gasteiger partial charge in [-0.15, -0.1) is 0 Å². The molecule has 382 valence electrons. The van der Waals surface area contributed by atoms with Gasteiger partial charge in [-0.1, -0.05) is 6.07 Å². The lowest BCUT2D eigenvalue weighted by Gasteiger charge is -2.28. The molecule has 3 atom stereocenters. The van der Waals surface area contributed by atoms with Crippen molar-refractivity contribution >= 4 is 75.6 Å². The van der Waals surface area contributed by atoms with E-state index in [1.54, 1.807) is 18.3 Å². The molecule has 27 nitrogen and oxygen atoms in total. The van der Waals surface area contributed by atoms with E-state index >= 15 is 0 Å². The molecule has 0 aliphatic rings. The van der Waals surface area contributed by atoms with E-state index in [1.807, 2.05) is 10.6 Å². The van der Waals surface area contributed by atoms with E-state index in [2.05, 4.69) is 36.9 Å². The Hall–Kier alpha value is -6.07. The second kappa shape index (κ2) is 32.6. The van der Waals surface area contributed by atoms with Gasteiger partial charge in [0.25, 0.3) is 0 Å². The summed E-state index contributed by atoms with van der Waals surface area (Å²) >= 11 is 3.26. The van der Waals surface area contributed by atoms with Crippen molar-refractivity contribution in [1.82, 2.24) is 46.3 Å². The molecule has 0 spiro atoms. The first kappa shape index (κ1) is 59.9. The first-order valence-electron chi connectivity index (χ1n) is 21.5. The summed E-state index contributed by atoms with van der Waals surface area (Å²) in [4.78, 5) is 127. The number of pyridine rings is 1. The molecule has 0 aromatic carbocycles. The van der Waals surface area contributed by atoms with Crippen LogP contribution in [0, 0.1) is 0 Å². The van der Waals surface area contributed by atoms with E-state index in [-0.39, 0.29) is 116 Å². The monoisotopic (exact) mass is 1030 g/mol. The fraction of sp³-hybridized carbons (Fsp3) is 0.625. The van der Waals surface area contributed by atoms with Crippen molar-refractivity contribution in [3.63, 3.8) is 0 Å². The third-order valence-electron chi connectivity index (χ3n) is 9.98. The van der Waals surface area contributed by atoms with Crippen LogP contribution in [-0.2, 0) is 49.7 Å². The summed E-state index contributed by atoms with van der Waals surface area (Å²) in [5.41, 5.74) is 4.32. The molecule has 0 fully saturated rings. The summed E-state index contributed by atoms with van der Waals surface area (Å²) in [5, 5.41) is 77.3. The number of nitrogens with zero attached hydrogens (tertiary/aromatic N) is 4. The number of unbranched alkanes of at least 4 members (excludes halogenated alkanes) is 2. The number of nitrogens with two attached hydrogens (primary N) is 1. The van der Waals surface area contributed by atoms with Crippen molar-refractivity contribution in [1.29, 1.82) is 0 Å². The van der Waals surface area contributed by atoms with Crippen LogP contribution in [0.25, 0.3) is 0 Å². The molecule has 2 unspecified atom stereocenters. The molecule has 4 amide bonds. The number of halogens is 1. The van der Waals surface area contributed by atoms with E-state index in [0.29, 0.717) is 23.0 Å². The van der Waals surface area contributed by atoms with Crippen LogP contribution < -0.4 is 32.3 Å². The van der Waals surface area contributed by atoms with E-state index < -0.39 is 90.9 Å². The molecule has 1 aromatic rings. The van der Waals surface area contributed by atoms with Crippen molar-refractivity contribution in [2.75, 3.05) is 72.0 Å². The van der Waals surface area contributed by atoms with Crippen LogP contribution >= 0.6 is 15.9 Å².